The van der Waals surface area contributed by atoms with E-state index in [0.29, 0.717) is 12.8 Å². The number of hydrogen-bond donors (Lipinski definition) is 1. The summed E-state index contributed by atoms with van der Waals surface area (Å²) in [5.41, 5.74) is 4.45. The second-order valence-corrected chi connectivity index (χ2v) is 9.12. The molecule has 2 aliphatic carbocycles. The van der Waals surface area contributed by atoms with Crippen LogP contribution < -0.4 is 10.1 Å². The van der Waals surface area contributed by atoms with E-state index >= 15 is 0 Å². The van der Waals surface area contributed by atoms with E-state index in [-0.39, 0.29) is 24.0 Å². The average Bonchev–Trinajstić information content (AvgIpc) is 3.22. The minimum absolute atomic E-state index is 0.0479. The van der Waals surface area contributed by atoms with Crippen LogP contribution in [0.3, 0.4) is 0 Å². The Labute approximate surface area is 213 Å². The van der Waals surface area contributed by atoms with Crippen molar-refractivity contribution in [3.05, 3.63) is 94.0 Å². The Morgan fingerprint density at radius 2 is 1.51 bits per heavy atom. The predicted octanol–water partition coefficient (Wildman–Crippen LogP) is 5.96. The Bertz CT molecular complexity index is 1260. The van der Waals surface area contributed by atoms with Gasteiger partial charge in [0.15, 0.2) is 0 Å². The standard InChI is InChI=1S/C28H26N2O7/c31-27(35-17-24-22-9-3-1-7-20(22)21-8-2-4-10-23(21)24)29-25-11-5-6-12-26(25)37-28(32)36-19-15-13-18(14-16-19)30(33)34/h1-4,7-10,13-16,24-26H,5-6,11-12,17H2,(H,29,31)/t25-,26-/m0/s1. The molecule has 1 N–H and O–H groups in total. The van der Waals surface area contributed by atoms with Gasteiger partial charge in [0.05, 0.1) is 11.0 Å². The van der Waals surface area contributed by atoms with E-state index in [2.05, 4.69) is 29.6 Å². The lowest BCUT2D eigenvalue weighted by molar-refractivity contribution is -0.384. The fourth-order valence-electron chi connectivity index (χ4n) is 5.07. The first kappa shape index (κ1) is 24.3. The SMILES string of the molecule is O=C(N[C@H]1CCCC[C@@H]1OC(=O)Oc1ccc([N+](=O)[O-])cc1)OCC1c2ccccc2-c2ccccc21. The van der Waals surface area contributed by atoms with Crippen molar-refractivity contribution >= 4 is 17.9 Å². The zero-order chi connectivity index (χ0) is 25.8. The molecule has 2 aliphatic rings. The smallest absolute Gasteiger partial charge is 0.449 e. The van der Waals surface area contributed by atoms with E-state index < -0.39 is 29.3 Å². The molecule has 3 aromatic rings. The van der Waals surface area contributed by atoms with Crippen LogP contribution in [0.2, 0.25) is 0 Å². The normalized spacial score (nSPS) is 18.3. The first-order valence-electron chi connectivity index (χ1n) is 12.2. The first-order chi connectivity index (χ1) is 18.0. The Balaban J connectivity index is 1.17. The number of fused-ring (bicyclic) bond motifs is 3. The number of nitrogens with one attached hydrogen (secondary N) is 1. The van der Waals surface area contributed by atoms with E-state index in [0.717, 1.165) is 35.1 Å². The largest absolute Gasteiger partial charge is 0.514 e. The van der Waals surface area contributed by atoms with Gasteiger partial charge in [-0.15, -0.1) is 0 Å². The quantitative estimate of drug-likeness (QED) is 0.191. The van der Waals surface area contributed by atoms with Gasteiger partial charge in [-0.3, -0.25) is 10.1 Å². The maximum Gasteiger partial charge on any atom is 0.514 e. The molecule has 37 heavy (non-hydrogen) atoms. The maximum absolute atomic E-state index is 12.7. The summed E-state index contributed by atoms with van der Waals surface area (Å²) in [6.07, 6.45) is 0.874. The van der Waals surface area contributed by atoms with E-state index in [1.807, 2.05) is 24.3 Å². The lowest BCUT2D eigenvalue weighted by Gasteiger charge is -2.31. The molecule has 0 radical (unpaired) electrons. The first-order valence-corrected chi connectivity index (χ1v) is 12.2. The fourth-order valence-corrected chi connectivity index (χ4v) is 5.07. The maximum atomic E-state index is 12.7. The molecule has 9 heteroatoms. The van der Waals surface area contributed by atoms with Crippen LogP contribution in [0.1, 0.15) is 42.7 Å². The van der Waals surface area contributed by atoms with Crippen LogP contribution in [0.4, 0.5) is 15.3 Å². The predicted molar refractivity (Wildman–Crippen MR) is 134 cm³/mol. The molecule has 1 saturated carbocycles. The molecule has 0 aliphatic heterocycles. The Hall–Kier alpha value is -4.40. The molecule has 0 unspecified atom stereocenters. The molecule has 0 spiro atoms. The summed E-state index contributed by atoms with van der Waals surface area (Å²) in [6.45, 7) is 0.195. The summed E-state index contributed by atoms with van der Waals surface area (Å²) in [5, 5.41) is 13.6. The molecule has 3 aromatic carbocycles. The van der Waals surface area contributed by atoms with Crippen molar-refractivity contribution in [3.8, 4) is 16.9 Å². The summed E-state index contributed by atoms with van der Waals surface area (Å²) in [5.74, 6) is 0.0840. The number of nitro groups is 1. The van der Waals surface area contributed by atoms with Gasteiger partial charge in [0.2, 0.25) is 0 Å². The van der Waals surface area contributed by atoms with Gasteiger partial charge in [0.1, 0.15) is 18.5 Å². The molecule has 0 heterocycles. The fraction of sp³-hybridized carbons (Fsp3) is 0.286. The number of amides is 1. The molecule has 1 amide bonds. The van der Waals surface area contributed by atoms with Gasteiger partial charge in [-0.05, 0) is 53.6 Å². The summed E-state index contributed by atoms with van der Waals surface area (Å²) < 4.78 is 16.3. The van der Waals surface area contributed by atoms with Crippen molar-refractivity contribution in [1.29, 1.82) is 0 Å². The summed E-state index contributed by atoms with van der Waals surface area (Å²) >= 11 is 0. The number of carbonyl (C=O) groups is 2. The minimum Gasteiger partial charge on any atom is -0.449 e. The third-order valence-electron chi connectivity index (χ3n) is 6.85. The van der Waals surface area contributed by atoms with Crippen LogP contribution in [-0.2, 0) is 9.47 Å². The third kappa shape index (κ3) is 5.40. The van der Waals surface area contributed by atoms with Crippen LogP contribution in [0, 0.1) is 10.1 Å². The summed E-state index contributed by atoms with van der Waals surface area (Å²) in [4.78, 5) is 35.3. The number of nitro benzene ring substituents is 1. The highest BCUT2D eigenvalue weighted by Gasteiger charge is 2.32. The molecular formula is C28H26N2O7. The number of nitrogens with zero attached hydrogens (tertiary/aromatic N) is 1. The topological polar surface area (TPSA) is 117 Å². The molecule has 0 bridgehead atoms. The number of alkyl carbamates (subject to hydrolysis) is 1. The molecule has 5 rings (SSSR count). The lowest BCUT2D eigenvalue weighted by atomic mass is 9.92. The zero-order valence-electron chi connectivity index (χ0n) is 20.0. The number of rotatable bonds is 6. The molecule has 9 nitrogen and oxygen atoms in total. The van der Waals surface area contributed by atoms with Crippen molar-refractivity contribution in [2.24, 2.45) is 0 Å². The van der Waals surface area contributed by atoms with Crippen molar-refractivity contribution < 1.29 is 28.7 Å². The Morgan fingerprint density at radius 1 is 0.892 bits per heavy atom. The van der Waals surface area contributed by atoms with Gasteiger partial charge in [0.25, 0.3) is 5.69 Å². The highest BCUT2D eigenvalue weighted by Crippen LogP contribution is 2.44. The number of carbonyl (C=O) groups excluding carboxylic acids is 2. The highest BCUT2D eigenvalue weighted by atomic mass is 16.7. The molecule has 0 saturated heterocycles. The van der Waals surface area contributed by atoms with Crippen LogP contribution in [0.5, 0.6) is 5.75 Å². The van der Waals surface area contributed by atoms with E-state index in [1.54, 1.807) is 0 Å². The van der Waals surface area contributed by atoms with Crippen LogP contribution in [0.15, 0.2) is 72.8 Å². The van der Waals surface area contributed by atoms with Crippen molar-refractivity contribution in [1.82, 2.24) is 5.32 Å². The van der Waals surface area contributed by atoms with Crippen LogP contribution in [-0.4, -0.2) is 35.9 Å². The molecule has 190 valence electrons. The minimum atomic E-state index is -0.930. The van der Waals surface area contributed by atoms with Crippen LogP contribution >= 0.6 is 0 Å². The van der Waals surface area contributed by atoms with E-state index in [1.165, 1.54) is 24.3 Å². The van der Waals surface area contributed by atoms with E-state index in [9.17, 15) is 19.7 Å². The van der Waals surface area contributed by atoms with E-state index in [4.69, 9.17) is 14.2 Å². The second kappa shape index (κ2) is 10.7. The Kier molecular flexibility index (Phi) is 7.02. The van der Waals surface area contributed by atoms with Gasteiger partial charge in [-0.2, -0.15) is 0 Å². The monoisotopic (exact) mass is 502 g/mol. The van der Waals surface area contributed by atoms with Gasteiger partial charge in [-0.1, -0.05) is 55.0 Å². The number of benzene rings is 3. The lowest BCUT2D eigenvalue weighted by Crippen LogP contribution is -2.47. The molecular weight excluding hydrogens is 476 g/mol. The van der Waals surface area contributed by atoms with Crippen molar-refractivity contribution in [2.75, 3.05) is 6.61 Å². The van der Waals surface area contributed by atoms with Gasteiger partial charge < -0.3 is 19.5 Å². The Morgan fingerprint density at radius 3 is 2.16 bits per heavy atom. The second-order valence-electron chi connectivity index (χ2n) is 9.12. The van der Waals surface area contributed by atoms with Crippen molar-refractivity contribution in [3.63, 3.8) is 0 Å². The molecule has 0 aromatic heterocycles. The highest BCUT2D eigenvalue weighted by molar-refractivity contribution is 5.79. The third-order valence-corrected chi connectivity index (χ3v) is 6.85. The average molecular weight is 503 g/mol. The van der Waals surface area contributed by atoms with Gasteiger partial charge in [-0.25, -0.2) is 9.59 Å². The summed E-state index contributed by atoms with van der Waals surface area (Å²) in [6, 6.07) is 21.0. The number of non-ortho nitro benzene ring substituents is 1. The molecule has 2 atom stereocenters. The number of hydrogen-bond acceptors (Lipinski definition) is 7. The summed E-state index contributed by atoms with van der Waals surface area (Å²) in [7, 11) is 0. The zero-order valence-corrected chi connectivity index (χ0v) is 20.0. The van der Waals surface area contributed by atoms with Gasteiger partial charge in [0, 0.05) is 18.1 Å². The molecule has 1 fully saturated rings. The van der Waals surface area contributed by atoms with Crippen molar-refractivity contribution in [2.45, 2.75) is 43.7 Å². The van der Waals surface area contributed by atoms with Gasteiger partial charge >= 0.3 is 12.2 Å². The van der Waals surface area contributed by atoms with Crippen LogP contribution in [0.25, 0.3) is 11.1 Å². The number of ether oxygens (including phenoxy) is 3.